The SMILES string of the molecule is COc1ccc(Cl)cc1CNC1C(CCO)CNC1C(c1ccccc1)c1ccccc1. The van der Waals surface area contributed by atoms with E-state index in [0.717, 1.165) is 24.3 Å². The lowest BCUT2D eigenvalue weighted by Gasteiger charge is -2.32. The number of hydrogen-bond donors (Lipinski definition) is 3. The molecule has 3 aromatic carbocycles. The van der Waals surface area contributed by atoms with Gasteiger partial charge in [-0.05, 0) is 48.2 Å². The van der Waals surface area contributed by atoms with E-state index >= 15 is 0 Å². The highest BCUT2D eigenvalue weighted by Gasteiger charge is 2.40. The summed E-state index contributed by atoms with van der Waals surface area (Å²) in [6.07, 6.45) is 0.754. The van der Waals surface area contributed by atoms with Gasteiger partial charge in [0.05, 0.1) is 7.11 Å². The molecule has 5 heteroatoms. The molecule has 0 aromatic heterocycles. The van der Waals surface area contributed by atoms with Crippen molar-refractivity contribution in [3.63, 3.8) is 0 Å². The molecule has 1 saturated heterocycles. The molecular formula is C27H31ClN2O2. The minimum absolute atomic E-state index is 0.177. The minimum Gasteiger partial charge on any atom is -0.496 e. The summed E-state index contributed by atoms with van der Waals surface area (Å²) in [6, 6.07) is 27.4. The molecule has 1 aliphatic rings. The summed E-state index contributed by atoms with van der Waals surface area (Å²) in [5, 5.41) is 18.0. The van der Waals surface area contributed by atoms with Gasteiger partial charge in [0.15, 0.2) is 0 Å². The van der Waals surface area contributed by atoms with Crippen LogP contribution in [0, 0.1) is 5.92 Å². The molecule has 1 fully saturated rings. The predicted octanol–water partition coefficient (Wildman–Crippen LogP) is 4.61. The van der Waals surface area contributed by atoms with Gasteiger partial charge in [-0.1, -0.05) is 72.3 Å². The Labute approximate surface area is 195 Å². The Balaban J connectivity index is 1.65. The average Bonchev–Trinajstić information content (AvgIpc) is 3.21. The van der Waals surface area contributed by atoms with E-state index in [1.807, 2.05) is 18.2 Å². The zero-order valence-corrected chi connectivity index (χ0v) is 19.1. The van der Waals surface area contributed by atoms with E-state index in [2.05, 4.69) is 71.3 Å². The highest BCUT2D eigenvalue weighted by molar-refractivity contribution is 6.30. The maximum atomic E-state index is 9.71. The van der Waals surface area contributed by atoms with Crippen molar-refractivity contribution in [2.75, 3.05) is 20.3 Å². The van der Waals surface area contributed by atoms with Gasteiger partial charge in [0.2, 0.25) is 0 Å². The van der Waals surface area contributed by atoms with E-state index in [0.29, 0.717) is 17.5 Å². The molecule has 4 nitrogen and oxygen atoms in total. The number of ether oxygens (including phenoxy) is 1. The topological polar surface area (TPSA) is 53.5 Å². The van der Waals surface area contributed by atoms with Crippen LogP contribution in [0.25, 0.3) is 0 Å². The number of aliphatic hydroxyl groups excluding tert-OH is 1. The number of methoxy groups -OCH3 is 1. The quantitative estimate of drug-likeness (QED) is 0.445. The molecule has 3 unspecified atom stereocenters. The van der Waals surface area contributed by atoms with E-state index in [-0.39, 0.29) is 24.6 Å². The fourth-order valence-electron chi connectivity index (χ4n) is 4.94. The highest BCUT2D eigenvalue weighted by Crippen LogP contribution is 2.35. The molecule has 1 heterocycles. The number of aliphatic hydroxyl groups is 1. The third-order valence-corrected chi connectivity index (χ3v) is 6.69. The van der Waals surface area contributed by atoms with Gasteiger partial charge >= 0.3 is 0 Å². The van der Waals surface area contributed by atoms with Crippen molar-refractivity contribution in [1.29, 1.82) is 0 Å². The second-order valence-corrected chi connectivity index (χ2v) is 8.80. The number of benzene rings is 3. The van der Waals surface area contributed by atoms with Crippen molar-refractivity contribution >= 4 is 11.6 Å². The summed E-state index contributed by atoms with van der Waals surface area (Å²) in [7, 11) is 1.68. The second kappa shape index (κ2) is 11.0. The van der Waals surface area contributed by atoms with Crippen LogP contribution in [0.3, 0.4) is 0 Å². The summed E-state index contributed by atoms with van der Waals surface area (Å²) < 4.78 is 5.55. The van der Waals surface area contributed by atoms with Crippen LogP contribution >= 0.6 is 11.6 Å². The van der Waals surface area contributed by atoms with Gasteiger partial charge in [-0.25, -0.2) is 0 Å². The molecule has 0 amide bonds. The number of hydrogen-bond acceptors (Lipinski definition) is 4. The molecule has 4 rings (SSSR count). The summed E-state index contributed by atoms with van der Waals surface area (Å²) in [6.45, 7) is 1.69. The first-order valence-corrected chi connectivity index (χ1v) is 11.6. The lowest BCUT2D eigenvalue weighted by molar-refractivity contribution is 0.241. The standard InChI is InChI=1S/C27H31ClN2O2/c1-32-24-13-12-23(28)16-22(24)18-29-26-21(14-15-31)17-30-27(26)25(19-8-4-2-5-9-19)20-10-6-3-7-11-20/h2-13,16,21,25-27,29-31H,14-15,17-18H2,1H3. The van der Waals surface area contributed by atoms with E-state index in [1.165, 1.54) is 11.1 Å². The molecule has 32 heavy (non-hydrogen) atoms. The van der Waals surface area contributed by atoms with Crippen molar-refractivity contribution in [1.82, 2.24) is 10.6 Å². The van der Waals surface area contributed by atoms with E-state index < -0.39 is 0 Å². The summed E-state index contributed by atoms with van der Waals surface area (Å²) in [4.78, 5) is 0. The zero-order valence-electron chi connectivity index (χ0n) is 18.4. The van der Waals surface area contributed by atoms with Crippen LogP contribution in [-0.2, 0) is 6.54 Å². The average molecular weight is 451 g/mol. The Bertz CT molecular complexity index is 944. The van der Waals surface area contributed by atoms with Gasteiger partial charge in [-0.15, -0.1) is 0 Å². The van der Waals surface area contributed by atoms with Gasteiger partial charge in [0, 0.05) is 41.7 Å². The van der Waals surface area contributed by atoms with Crippen molar-refractivity contribution in [3.8, 4) is 5.75 Å². The van der Waals surface area contributed by atoms with Gasteiger partial charge < -0.3 is 20.5 Å². The lowest BCUT2D eigenvalue weighted by atomic mass is 9.80. The number of rotatable bonds is 9. The minimum atomic E-state index is 0.177. The van der Waals surface area contributed by atoms with Gasteiger partial charge in [-0.2, -0.15) is 0 Å². The predicted molar refractivity (Wildman–Crippen MR) is 130 cm³/mol. The first kappa shape index (κ1) is 22.8. The fourth-order valence-corrected chi connectivity index (χ4v) is 5.14. The van der Waals surface area contributed by atoms with Crippen LogP contribution < -0.4 is 15.4 Å². The molecule has 0 aliphatic carbocycles. The third kappa shape index (κ3) is 5.16. The Morgan fingerprint density at radius 1 is 1.03 bits per heavy atom. The Morgan fingerprint density at radius 2 is 1.69 bits per heavy atom. The van der Waals surface area contributed by atoms with Gasteiger partial charge in [-0.3, -0.25) is 0 Å². The first-order chi connectivity index (χ1) is 15.7. The van der Waals surface area contributed by atoms with Crippen molar-refractivity contribution in [2.24, 2.45) is 5.92 Å². The fraction of sp³-hybridized carbons (Fsp3) is 0.333. The van der Waals surface area contributed by atoms with Crippen LogP contribution in [-0.4, -0.2) is 37.5 Å². The monoisotopic (exact) mass is 450 g/mol. The molecule has 0 spiro atoms. The van der Waals surface area contributed by atoms with Crippen LogP contribution in [0.5, 0.6) is 5.75 Å². The molecule has 3 atom stereocenters. The maximum absolute atomic E-state index is 9.71. The highest BCUT2D eigenvalue weighted by atomic mass is 35.5. The van der Waals surface area contributed by atoms with Gasteiger partial charge in [0.1, 0.15) is 5.75 Å². The van der Waals surface area contributed by atoms with Crippen LogP contribution in [0.1, 0.15) is 29.0 Å². The first-order valence-electron chi connectivity index (χ1n) is 11.2. The van der Waals surface area contributed by atoms with Crippen molar-refractivity contribution in [2.45, 2.75) is 31.0 Å². The zero-order chi connectivity index (χ0) is 22.3. The van der Waals surface area contributed by atoms with Crippen LogP contribution in [0.2, 0.25) is 5.02 Å². The number of halogens is 1. The molecule has 0 bridgehead atoms. The molecule has 0 saturated carbocycles. The van der Waals surface area contributed by atoms with E-state index in [9.17, 15) is 5.11 Å². The second-order valence-electron chi connectivity index (χ2n) is 8.37. The van der Waals surface area contributed by atoms with Crippen LogP contribution in [0.15, 0.2) is 78.9 Å². The smallest absolute Gasteiger partial charge is 0.123 e. The molecule has 1 aliphatic heterocycles. The Hall–Kier alpha value is -2.37. The van der Waals surface area contributed by atoms with Crippen molar-refractivity contribution < 1.29 is 9.84 Å². The van der Waals surface area contributed by atoms with Crippen molar-refractivity contribution in [3.05, 3.63) is 101 Å². The molecule has 168 valence electrons. The third-order valence-electron chi connectivity index (χ3n) is 6.46. The summed E-state index contributed by atoms with van der Waals surface area (Å²) >= 11 is 6.26. The molecule has 3 N–H and O–H groups in total. The normalized spacial score (nSPS) is 20.6. The van der Waals surface area contributed by atoms with E-state index in [4.69, 9.17) is 16.3 Å². The maximum Gasteiger partial charge on any atom is 0.123 e. The van der Waals surface area contributed by atoms with Gasteiger partial charge in [0.25, 0.3) is 0 Å². The summed E-state index contributed by atoms with van der Waals surface area (Å²) in [5.41, 5.74) is 3.60. The molecule has 0 radical (unpaired) electrons. The molecular weight excluding hydrogens is 420 g/mol. The summed E-state index contributed by atoms with van der Waals surface area (Å²) in [5.74, 6) is 1.34. The Kier molecular flexibility index (Phi) is 7.82. The number of nitrogens with one attached hydrogen (secondary N) is 2. The molecule has 3 aromatic rings. The largest absolute Gasteiger partial charge is 0.496 e. The lowest BCUT2D eigenvalue weighted by Crippen LogP contribution is -2.46. The van der Waals surface area contributed by atoms with E-state index in [1.54, 1.807) is 7.11 Å². The van der Waals surface area contributed by atoms with Crippen LogP contribution in [0.4, 0.5) is 0 Å². The Morgan fingerprint density at radius 3 is 2.28 bits per heavy atom.